The second-order valence-corrected chi connectivity index (χ2v) is 3.66. The van der Waals surface area contributed by atoms with Gasteiger partial charge in [-0.1, -0.05) is 0 Å². The van der Waals surface area contributed by atoms with E-state index in [0.717, 1.165) is 4.47 Å². The zero-order chi connectivity index (χ0) is 9.59. The van der Waals surface area contributed by atoms with Gasteiger partial charge < -0.3 is 8.98 Å². The van der Waals surface area contributed by atoms with Crippen LogP contribution >= 0.6 is 15.9 Å². The van der Waals surface area contributed by atoms with Crippen LogP contribution in [0.15, 0.2) is 19.9 Å². The van der Waals surface area contributed by atoms with Crippen LogP contribution in [0.1, 0.15) is 5.89 Å². The van der Waals surface area contributed by atoms with Crippen LogP contribution in [0.5, 0.6) is 0 Å². The Morgan fingerprint density at radius 1 is 1.62 bits per heavy atom. The fraction of sp³-hybridized carbons (Fsp3) is 0.250. The second-order valence-electron chi connectivity index (χ2n) is 2.80. The van der Waals surface area contributed by atoms with Crippen LogP contribution in [0.3, 0.4) is 0 Å². The van der Waals surface area contributed by atoms with E-state index in [-0.39, 0.29) is 5.56 Å². The first-order valence-electron chi connectivity index (χ1n) is 3.72. The van der Waals surface area contributed by atoms with Crippen LogP contribution in [-0.2, 0) is 7.05 Å². The molecule has 0 saturated carbocycles. The van der Waals surface area contributed by atoms with Crippen molar-refractivity contribution in [1.82, 2.24) is 9.55 Å². The van der Waals surface area contributed by atoms with Gasteiger partial charge in [0.15, 0.2) is 17.0 Å². The smallest absolute Gasteiger partial charge is 0.280 e. The van der Waals surface area contributed by atoms with Gasteiger partial charge in [-0.05, 0) is 15.9 Å². The van der Waals surface area contributed by atoms with Crippen molar-refractivity contribution in [3.8, 4) is 0 Å². The van der Waals surface area contributed by atoms with E-state index in [1.165, 1.54) is 4.57 Å². The lowest BCUT2D eigenvalue weighted by atomic mass is 10.4. The zero-order valence-electron chi connectivity index (χ0n) is 7.17. The van der Waals surface area contributed by atoms with Crippen LogP contribution in [0.4, 0.5) is 0 Å². The average Bonchev–Trinajstić information content (AvgIpc) is 2.44. The predicted octanol–water partition coefficient (Wildman–Crippen LogP) is 1.60. The highest BCUT2D eigenvalue weighted by molar-refractivity contribution is 9.10. The Kier molecular flexibility index (Phi) is 1.76. The van der Waals surface area contributed by atoms with E-state index in [1.807, 2.05) is 0 Å². The third kappa shape index (κ3) is 1.19. The molecule has 13 heavy (non-hydrogen) atoms. The molecular formula is C8H7BrN2O2. The van der Waals surface area contributed by atoms with Crippen molar-refractivity contribution < 1.29 is 4.42 Å². The van der Waals surface area contributed by atoms with Crippen molar-refractivity contribution >= 4 is 27.0 Å². The fourth-order valence-corrected chi connectivity index (χ4v) is 1.76. The maximum absolute atomic E-state index is 11.5. The van der Waals surface area contributed by atoms with Crippen LogP contribution in [0.25, 0.3) is 11.1 Å². The first-order valence-corrected chi connectivity index (χ1v) is 4.51. The summed E-state index contributed by atoms with van der Waals surface area (Å²) in [7, 11) is 1.68. The molecule has 2 rings (SSSR count). The largest absolute Gasteiger partial charge is 0.440 e. The molecule has 0 spiro atoms. The van der Waals surface area contributed by atoms with Gasteiger partial charge in [0.1, 0.15) is 0 Å². The van der Waals surface area contributed by atoms with E-state index in [4.69, 9.17) is 4.42 Å². The Labute approximate surface area is 82.3 Å². The Morgan fingerprint density at radius 2 is 2.31 bits per heavy atom. The molecule has 0 unspecified atom stereocenters. The summed E-state index contributed by atoms with van der Waals surface area (Å²) < 4.78 is 7.47. The van der Waals surface area contributed by atoms with Crippen molar-refractivity contribution in [2.45, 2.75) is 6.92 Å². The summed E-state index contributed by atoms with van der Waals surface area (Å²) >= 11 is 3.30. The Hall–Kier alpha value is -1.10. The van der Waals surface area contributed by atoms with Crippen LogP contribution in [-0.4, -0.2) is 9.55 Å². The normalized spacial score (nSPS) is 11.0. The average molecular weight is 243 g/mol. The molecule has 2 aromatic rings. The molecule has 68 valence electrons. The first-order chi connectivity index (χ1) is 6.09. The zero-order valence-corrected chi connectivity index (χ0v) is 8.75. The molecule has 0 N–H and O–H groups in total. The molecule has 0 aliphatic heterocycles. The van der Waals surface area contributed by atoms with Gasteiger partial charge in [0.2, 0.25) is 0 Å². The highest BCUT2D eigenvalue weighted by atomic mass is 79.9. The summed E-state index contributed by atoms with van der Waals surface area (Å²) in [6.45, 7) is 1.71. The van der Waals surface area contributed by atoms with Crippen molar-refractivity contribution in [2.24, 2.45) is 7.05 Å². The van der Waals surface area contributed by atoms with Crippen LogP contribution in [0.2, 0.25) is 0 Å². The SMILES string of the molecule is Cc1nc2c(=O)n(C)cc(Br)c2o1. The standard InChI is InChI=1S/C8H7BrN2O2/c1-4-10-6-7(13-4)5(9)3-11(2)8(6)12/h3H,1-2H3. The molecule has 2 aromatic heterocycles. The third-order valence-electron chi connectivity index (χ3n) is 1.78. The van der Waals surface area contributed by atoms with E-state index in [1.54, 1.807) is 20.2 Å². The number of oxazole rings is 1. The number of aryl methyl sites for hydroxylation is 2. The van der Waals surface area contributed by atoms with E-state index in [9.17, 15) is 4.79 Å². The molecule has 0 amide bonds. The Morgan fingerprint density at radius 3 is 3.00 bits per heavy atom. The monoisotopic (exact) mass is 242 g/mol. The molecule has 2 heterocycles. The molecule has 0 fully saturated rings. The number of fused-ring (bicyclic) bond motifs is 1. The maximum Gasteiger partial charge on any atom is 0.280 e. The van der Waals surface area contributed by atoms with E-state index >= 15 is 0 Å². The number of aromatic nitrogens is 2. The van der Waals surface area contributed by atoms with Crippen molar-refractivity contribution in [3.05, 3.63) is 26.9 Å². The minimum absolute atomic E-state index is 0.143. The lowest BCUT2D eigenvalue weighted by molar-refractivity contribution is 0.559. The summed E-state index contributed by atoms with van der Waals surface area (Å²) in [6, 6.07) is 0. The van der Waals surface area contributed by atoms with Gasteiger partial charge in [-0.2, -0.15) is 0 Å². The van der Waals surface area contributed by atoms with Crippen LogP contribution < -0.4 is 5.56 Å². The molecule has 0 aromatic carbocycles. The molecule has 0 aliphatic rings. The molecule has 0 atom stereocenters. The van der Waals surface area contributed by atoms with Gasteiger partial charge in [0.05, 0.1) is 4.47 Å². The second kappa shape index (κ2) is 2.70. The number of hydrogen-bond donors (Lipinski definition) is 0. The quantitative estimate of drug-likeness (QED) is 0.706. The predicted molar refractivity (Wildman–Crippen MR) is 51.7 cm³/mol. The van der Waals surface area contributed by atoms with E-state index in [0.29, 0.717) is 17.0 Å². The number of nitrogens with zero attached hydrogens (tertiary/aromatic N) is 2. The molecule has 0 bridgehead atoms. The molecule has 4 nitrogen and oxygen atoms in total. The van der Waals surface area contributed by atoms with E-state index in [2.05, 4.69) is 20.9 Å². The summed E-state index contributed by atoms with van der Waals surface area (Å²) in [5.74, 6) is 0.499. The topological polar surface area (TPSA) is 48.0 Å². The maximum atomic E-state index is 11.5. The minimum atomic E-state index is -0.143. The third-order valence-corrected chi connectivity index (χ3v) is 2.35. The van der Waals surface area contributed by atoms with Gasteiger partial charge in [0, 0.05) is 20.2 Å². The summed E-state index contributed by atoms with van der Waals surface area (Å²) in [5.41, 5.74) is 0.741. The van der Waals surface area contributed by atoms with Crippen molar-refractivity contribution in [2.75, 3.05) is 0 Å². The Bertz CT molecular complexity index is 527. The highest BCUT2D eigenvalue weighted by Crippen LogP contribution is 2.21. The summed E-state index contributed by atoms with van der Waals surface area (Å²) in [4.78, 5) is 15.5. The first kappa shape index (κ1) is 8.50. The van der Waals surface area contributed by atoms with Crippen LogP contribution in [0, 0.1) is 6.92 Å². The minimum Gasteiger partial charge on any atom is -0.440 e. The molecule has 5 heteroatoms. The van der Waals surface area contributed by atoms with Gasteiger partial charge in [-0.25, -0.2) is 4.98 Å². The summed E-state index contributed by atoms with van der Waals surface area (Å²) in [6.07, 6.45) is 1.66. The van der Waals surface area contributed by atoms with Crippen molar-refractivity contribution in [3.63, 3.8) is 0 Å². The lowest BCUT2D eigenvalue weighted by Gasteiger charge is -1.96. The molecule has 0 radical (unpaired) electrons. The van der Waals surface area contributed by atoms with Gasteiger partial charge in [-0.3, -0.25) is 4.79 Å². The number of rotatable bonds is 0. The number of halogens is 1. The molecule has 0 aliphatic carbocycles. The van der Waals surface area contributed by atoms with Gasteiger partial charge >= 0.3 is 0 Å². The lowest BCUT2D eigenvalue weighted by Crippen LogP contribution is -2.16. The highest BCUT2D eigenvalue weighted by Gasteiger charge is 2.11. The fourth-order valence-electron chi connectivity index (χ4n) is 1.19. The van der Waals surface area contributed by atoms with Crippen molar-refractivity contribution in [1.29, 1.82) is 0 Å². The molecule has 0 saturated heterocycles. The van der Waals surface area contributed by atoms with E-state index < -0.39 is 0 Å². The van der Waals surface area contributed by atoms with Gasteiger partial charge in [-0.15, -0.1) is 0 Å². The number of pyridine rings is 1. The van der Waals surface area contributed by atoms with Gasteiger partial charge in [0.25, 0.3) is 5.56 Å². The Balaban J connectivity index is 3.04. The number of hydrogen-bond acceptors (Lipinski definition) is 3. The summed E-state index contributed by atoms with van der Waals surface area (Å²) in [5, 5.41) is 0. The molecular weight excluding hydrogens is 236 g/mol.